The number of aromatic nitrogens is 2. The predicted octanol–water partition coefficient (Wildman–Crippen LogP) is 2.33. The van der Waals surface area contributed by atoms with Crippen molar-refractivity contribution in [3.63, 3.8) is 0 Å². The van der Waals surface area contributed by atoms with E-state index in [4.69, 9.17) is 20.0 Å². The Morgan fingerprint density at radius 3 is 2.40 bits per heavy atom. The van der Waals surface area contributed by atoms with Crippen molar-refractivity contribution in [2.75, 3.05) is 7.11 Å². The molecule has 6 nitrogen and oxygen atoms in total. The van der Waals surface area contributed by atoms with Crippen LogP contribution in [0.25, 0.3) is 0 Å². The average molecular weight is 266 g/mol. The van der Waals surface area contributed by atoms with E-state index in [0.29, 0.717) is 22.8 Å². The molecule has 0 aliphatic carbocycles. The molecule has 0 bridgehead atoms. The number of methoxy groups -OCH3 is 1. The third-order valence-corrected chi connectivity index (χ3v) is 2.40. The van der Waals surface area contributed by atoms with Crippen LogP contribution in [-0.2, 0) is 0 Å². The standard InChI is InChI=1S/C14H10N4O2/c1-9-3-11(8-16)18-14(17-9)20-13-5-10(7-15)4-12(6-13)19-2/h3-6H,1-2H3. The first-order valence-electron chi connectivity index (χ1n) is 5.67. The second kappa shape index (κ2) is 5.68. The van der Waals surface area contributed by atoms with Gasteiger partial charge in [-0.15, -0.1) is 0 Å². The van der Waals surface area contributed by atoms with E-state index in [1.54, 1.807) is 31.2 Å². The maximum atomic E-state index is 8.94. The van der Waals surface area contributed by atoms with Gasteiger partial charge in [-0.25, -0.2) is 4.98 Å². The molecule has 0 spiro atoms. The Labute approximate surface area is 115 Å². The molecule has 1 aromatic carbocycles. The van der Waals surface area contributed by atoms with Crippen LogP contribution in [0.2, 0.25) is 0 Å². The van der Waals surface area contributed by atoms with Crippen molar-refractivity contribution in [2.24, 2.45) is 0 Å². The molecule has 1 aromatic heterocycles. The molecule has 0 atom stereocenters. The van der Waals surface area contributed by atoms with Gasteiger partial charge in [-0.2, -0.15) is 15.5 Å². The van der Waals surface area contributed by atoms with E-state index in [2.05, 4.69) is 9.97 Å². The first kappa shape index (κ1) is 13.3. The van der Waals surface area contributed by atoms with Crippen LogP contribution in [0.3, 0.4) is 0 Å². The van der Waals surface area contributed by atoms with E-state index in [1.165, 1.54) is 7.11 Å². The highest BCUT2D eigenvalue weighted by Crippen LogP contribution is 2.25. The smallest absolute Gasteiger partial charge is 0.323 e. The van der Waals surface area contributed by atoms with Crippen molar-refractivity contribution < 1.29 is 9.47 Å². The van der Waals surface area contributed by atoms with Gasteiger partial charge in [0.25, 0.3) is 0 Å². The molecule has 2 rings (SSSR count). The van der Waals surface area contributed by atoms with Crippen molar-refractivity contribution in [2.45, 2.75) is 6.92 Å². The summed E-state index contributed by atoms with van der Waals surface area (Å²) >= 11 is 0. The lowest BCUT2D eigenvalue weighted by Crippen LogP contribution is -1.97. The Hall–Kier alpha value is -3.12. The number of hydrogen-bond acceptors (Lipinski definition) is 6. The van der Waals surface area contributed by atoms with Gasteiger partial charge >= 0.3 is 6.01 Å². The third-order valence-electron chi connectivity index (χ3n) is 2.40. The lowest BCUT2D eigenvalue weighted by Gasteiger charge is -2.07. The zero-order valence-corrected chi connectivity index (χ0v) is 10.9. The molecule has 6 heteroatoms. The van der Waals surface area contributed by atoms with Gasteiger partial charge in [-0.3, -0.25) is 0 Å². The fraction of sp³-hybridized carbons (Fsp3) is 0.143. The van der Waals surface area contributed by atoms with E-state index in [9.17, 15) is 0 Å². The normalized spacial score (nSPS) is 9.40. The molecule has 0 saturated carbocycles. The Balaban J connectivity index is 2.37. The van der Waals surface area contributed by atoms with Crippen molar-refractivity contribution in [3.8, 4) is 29.6 Å². The van der Waals surface area contributed by atoms with Crippen LogP contribution in [0.5, 0.6) is 17.5 Å². The molecular weight excluding hydrogens is 256 g/mol. The molecule has 0 aliphatic heterocycles. The summed E-state index contributed by atoms with van der Waals surface area (Å²) in [6.45, 7) is 1.74. The lowest BCUT2D eigenvalue weighted by atomic mass is 10.2. The summed E-state index contributed by atoms with van der Waals surface area (Å²) in [4.78, 5) is 8.02. The first-order valence-corrected chi connectivity index (χ1v) is 5.67. The SMILES string of the molecule is COc1cc(C#N)cc(Oc2nc(C)cc(C#N)n2)c1. The summed E-state index contributed by atoms with van der Waals surface area (Å²) in [7, 11) is 1.50. The molecule has 20 heavy (non-hydrogen) atoms. The number of ether oxygens (including phenoxy) is 2. The van der Waals surface area contributed by atoms with Crippen LogP contribution in [-0.4, -0.2) is 17.1 Å². The Morgan fingerprint density at radius 2 is 1.75 bits per heavy atom. The van der Waals surface area contributed by atoms with Gasteiger partial charge in [0.15, 0.2) is 0 Å². The van der Waals surface area contributed by atoms with Crippen LogP contribution < -0.4 is 9.47 Å². The summed E-state index contributed by atoms with van der Waals surface area (Å²) in [5.74, 6) is 0.864. The number of benzene rings is 1. The summed E-state index contributed by atoms with van der Waals surface area (Å²) in [6, 6.07) is 10.3. The van der Waals surface area contributed by atoms with Crippen molar-refractivity contribution in [1.82, 2.24) is 9.97 Å². The molecule has 0 fully saturated rings. The van der Waals surface area contributed by atoms with Gasteiger partial charge < -0.3 is 9.47 Å². The van der Waals surface area contributed by atoms with Crippen LogP contribution in [0.4, 0.5) is 0 Å². The van der Waals surface area contributed by atoms with Gasteiger partial charge in [0, 0.05) is 11.8 Å². The summed E-state index contributed by atoms with van der Waals surface area (Å²) in [6.07, 6.45) is 0. The average Bonchev–Trinajstić information content (AvgIpc) is 2.46. The minimum absolute atomic E-state index is 0.0543. The summed E-state index contributed by atoms with van der Waals surface area (Å²) in [5.41, 5.74) is 1.23. The molecule has 0 aliphatic rings. The highest BCUT2D eigenvalue weighted by Gasteiger charge is 2.07. The molecule has 2 aromatic rings. The molecule has 0 saturated heterocycles. The van der Waals surface area contributed by atoms with E-state index < -0.39 is 0 Å². The second-order valence-corrected chi connectivity index (χ2v) is 3.90. The van der Waals surface area contributed by atoms with Gasteiger partial charge in [0.2, 0.25) is 0 Å². The number of nitrogens with zero attached hydrogens (tertiary/aromatic N) is 4. The largest absolute Gasteiger partial charge is 0.497 e. The minimum atomic E-state index is 0.0543. The van der Waals surface area contributed by atoms with Crippen LogP contribution in [0.1, 0.15) is 17.0 Å². The molecule has 98 valence electrons. The molecule has 1 heterocycles. The Bertz CT molecular complexity index is 729. The van der Waals surface area contributed by atoms with Gasteiger partial charge in [-0.1, -0.05) is 0 Å². The summed E-state index contributed by atoms with van der Waals surface area (Å²) < 4.78 is 10.6. The zero-order valence-electron chi connectivity index (χ0n) is 10.9. The Morgan fingerprint density at radius 1 is 1.00 bits per heavy atom. The predicted molar refractivity (Wildman–Crippen MR) is 69.3 cm³/mol. The van der Waals surface area contributed by atoms with Gasteiger partial charge in [0.1, 0.15) is 23.3 Å². The van der Waals surface area contributed by atoms with Crippen LogP contribution in [0, 0.1) is 29.6 Å². The lowest BCUT2D eigenvalue weighted by molar-refractivity contribution is 0.403. The molecule has 0 amide bonds. The third kappa shape index (κ3) is 3.01. The van der Waals surface area contributed by atoms with Crippen molar-refractivity contribution >= 4 is 0 Å². The minimum Gasteiger partial charge on any atom is -0.497 e. The zero-order chi connectivity index (χ0) is 14.5. The van der Waals surface area contributed by atoms with Crippen molar-refractivity contribution in [1.29, 1.82) is 10.5 Å². The molecule has 0 radical (unpaired) electrons. The number of aryl methyl sites for hydroxylation is 1. The van der Waals surface area contributed by atoms with E-state index in [0.717, 1.165) is 0 Å². The second-order valence-electron chi connectivity index (χ2n) is 3.90. The maximum absolute atomic E-state index is 8.94. The van der Waals surface area contributed by atoms with Crippen LogP contribution in [0.15, 0.2) is 24.3 Å². The molecule has 0 N–H and O–H groups in total. The maximum Gasteiger partial charge on any atom is 0.323 e. The van der Waals surface area contributed by atoms with Crippen LogP contribution >= 0.6 is 0 Å². The Kier molecular flexibility index (Phi) is 3.78. The fourth-order valence-electron chi connectivity index (χ4n) is 1.56. The van der Waals surface area contributed by atoms with E-state index in [1.807, 2.05) is 12.1 Å². The number of hydrogen-bond donors (Lipinski definition) is 0. The van der Waals surface area contributed by atoms with Crippen molar-refractivity contribution in [3.05, 3.63) is 41.2 Å². The monoisotopic (exact) mass is 266 g/mol. The van der Waals surface area contributed by atoms with Gasteiger partial charge in [-0.05, 0) is 25.1 Å². The fourth-order valence-corrected chi connectivity index (χ4v) is 1.56. The number of nitriles is 2. The first-order chi connectivity index (χ1) is 9.64. The van der Waals surface area contributed by atoms with E-state index in [-0.39, 0.29) is 11.7 Å². The topological polar surface area (TPSA) is 91.8 Å². The molecular formula is C14H10N4O2. The number of rotatable bonds is 3. The molecule has 0 unspecified atom stereocenters. The van der Waals surface area contributed by atoms with Gasteiger partial charge in [0.05, 0.1) is 18.7 Å². The highest BCUT2D eigenvalue weighted by atomic mass is 16.5. The highest BCUT2D eigenvalue weighted by molar-refractivity contribution is 5.44. The van der Waals surface area contributed by atoms with E-state index >= 15 is 0 Å². The summed E-state index contributed by atoms with van der Waals surface area (Å²) in [5, 5.41) is 17.8. The quantitative estimate of drug-likeness (QED) is 0.846.